The molecule has 180 valence electrons. The fraction of sp³-hybridized carbons (Fsp3) is 0.167. The van der Waals surface area contributed by atoms with Gasteiger partial charge in [-0.25, -0.2) is 4.79 Å². The SMILES string of the molecule is COc1cc([C@H]2OC(c3cc(Cl)ccc3OC(C)=O)=NN2C(C)=O)ccc1OC(=O)c1cccs1. The molecule has 0 saturated carbocycles. The molecule has 3 aromatic rings. The maximum Gasteiger partial charge on any atom is 0.353 e. The third kappa shape index (κ3) is 5.28. The highest BCUT2D eigenvalue weighted by Crippen LogP contribution is 2.38. The summed E-state index contributed by atoms with van der Waals surface area (Å²) in [5, 5.41) is 7.56. The van der Waals surface area contributed by atoms with Crippen LogP contribution in [0.3, 0.4) is 0 Å². The van der Waals surface area contributed by atoms with Gasteiger partial charge in [0, 0.05) is 24.4 Å². The van der Waals surface area contributed by atoms with Gasteiger partial charge >= 0.3 is 11.9 Å². The molecule has 4 rings (SSSR count). The number of ether oxygens (including phenoxy) is 4. The summed E-state index contributed by atoms with van der Waals surface area (Å²) in [6.45, 7) is 2.60. The van der Waals surface area contributed by atoms with Gasteiger partial charge in [-0.1, -0.05) is 17.7 Å². The molecule has 0 radical (unpaired) electrons. The molecule has 1 aromatic heterocycles. The number of hydrogen-bond donors (Lipinski definition) is 0. The summed E-state index contributed by atoms with van der Waals surface area (Å²) in [6, 6.07) is 12.8. The number of hydrazone groups is 1. The maximum absolute atomic E-state index is 12.4. The Labute approximate surface area is 209 Å². The van der Waals surface area contributed by atoms with Gasteiger partial charge in [-0.3, -0.25) is 9.59 Å². The molecule has 0 spiro atoms. The highest BCUT2D eigenvalue weighted by atomic mass is 35.5. The molecule has 9 nitrogen and oxygen atoms in total. The molecule has 0 saturated heterocycles. The fourth-order valence-electron chi connectivity index (χ4n) is 3.27. The van der Waals surface area contributed by atoms with Crippen molar-refractivity contribution in [1.29, 1.82) is 0 Å². The number of methoxy groups -OCH3 is 1. The lowest BCUT2D eigenvalue weighted by Crippen LogP contribution is -2.25. The van der Waals surface area contributed by atoms with E-state index >= 15 is 0 Å². The van der Waals surface area contributed by atoms with Gasteiger partial charge in [-0.05, 0) is 47.8 Å². The summed E-state index contributed by atoms with van der Waals surface area (Å²) < 4.78 is 22.1. The van der Waals surface area contributed by atoms with E-state index in [1.165, 1.54) is 44.4 Å². The Morgan fingerprint density at radius 1 is 1.03 bits per heavy atom. The summed E-state index contributed by atoms with van der Waals surface area (Å²) in [5.74, 6) is -0.767. The van der Waals surface area contributed by atoms with E-state index in [9.17, 15) is 14.4 Å². The number of nitrogens with zero attached hydrogens (tertiary/aromatic N) is 2. The lowest BCUT2D eigenvalue weighted by atomic mass is 10.1. The first-order chi connectivity index (χ1) is 16.8. The molecular weight excluding hydrogens is 496 g/mol. The van der Waals surface area contributed by atoms with Crippen LogP contribution in [0.2, 0.25) is 5.02 Å². The summed E-state index contributed by atoms with van der Waals surface area (Å²) in [4.78, 5) is 36.7. The lowest BCUT2D eigenvalue weighted by molar-refractivity contribution is -0.135. The minimum absolute atomic E-state index is 0.0381. The van der Waals surface area contributed by atoms with E-state index in [0.29, 0.717) is 21.0 Å². The van der Waals surface area contributed by atoms with Gasteiger partial charge in [-0.2, -0.15) is 5.01 Å². The predicted molar refractivity (Wildman–Crippen MR) is 128 cm³/mol. The van der Waals surface area contributed by atoms with E-state index in [0.717, 1.165) is 5.01 Å². The van der Waals surface area contributed by atoms with Crippen molar-refractivity contribution in [3.8, 4) is 17.2 Å². The summed E-state index contributed by atoms with van der Waals surface area (Å²) >= 11 is 7.39. The number of esters is 2. The number of carbonyl (C=O) groups excluding carboxylic acids is 3. The van der Waals surface area contributed by atoms with Gasteiger partial charge in [0.2, 0.25) is 18.0 Å². The molecule has 0 aliphatic carbocycles. The predicted octanol–water partition coefficient (Wildman–Crippen LogP) is 4.79. The maximum atomic E-state index is 12.4. The second-order valence-electron chi connectivity index (χ2n) is 7.25. The van der Waals surface area contributed by atoms with Crippen LogP contribution in [0.5, 0.6) is 17.2 Å². The van der Waals surface area contributed by atoms with Gasteiger partial charge in [0.15, 0.2) is 11.5 Å². The van der Waals surface area contributed by atoms with Crippen molar-refractivity contribution in [3.63, 3.8) is 0 Å². The standard InChI is InChI=1S/C24H19ClN2O7S/c1-13(28)27-23(34-22(26-27)17-12-16(25)7-9-18(17)32-14(2)29)15-6-8-19(20(11-15)31-3)33-24(30)21-5-4-10-35-21/h4-12,23H,1-3H3/t23-/m1/s1. The molecule has 11 heteroatoms. The number of benzene rings is 2. The molecule has 2 aromatic carbocycles. The highest BCUT2D eigenvalue weighted by molar-refractivity contribution is 7.12. The Morgan fingerprint density at radius 2 is 1.80 bits per heavy atom. The summed E-state index contributed by atoms with van der Waals surface area (Å²) in [7, 11) is 1.43. The summed E-state index contributed by atoms with van der Waals surface area (Å²) in [5.41, 5.74) is 0.803. The minimum atomic E-state index is -0.956. The monoisotopic (exact) mass is 514 g/mol. The smallest absolute Gasteiger partial charge is 0.353 e. The molecule has 1 aliphatic rings. The van der Waals surface area contributed by atoms with Crippen molar-refractivity contribution >= 4 is 46.7 Å². The Kier molecular flexibility index (Phi) is 7.04. The van der Waals surface area contributed by atoms with Crippen molar-refractivity contribution in [1.82, 2.24) is 5.01 Å². The molecule has 0 bridgehead atoms. The zero-order chi connectivity index (χ0) is 25.1. The number of amides is 1. The molecule has 2 heterocycles. The lowest BCUT2D eigenvalue weighted by Gasteiger charge is -2.20. The van der Waals surface area contributed by atoms with Crippen LogP contribution in [0.4, 0.5) is 0 Å². The first-order valence-electron chi connectivity index (χ1n) is 10.2. The average molecular weight is 515 g/mol. The van der Waals surface area contributed by atoms with E-state index in [-0.39, 0.29) is 23.1 Å². The molecule has 0 N–H and O–H groups in total. The number of carbonyl (C=O) groups is 3. The van der Waals surface area contributed by atoms with E-state index in [2.05, 4.69) is 5.10 Å². The fourth-order valence-corrected chi connectivity index (χ4v) is 4.04. The molecular formula is C24H19ClN2O7S. The van der Waals surface area contributed by atoms with Crippen LogP contribution >= 0.6 is 22.9 Å². The van der Waals surface area contributed by atoms with Gasteiger partial charge in [0.1, 0.15) is 10.6 Å². The Balaban J connectivity index is 1.64. The van der Waals surface area contributed by atoms with Crippen LogP contribution in [0.25, 0.3) is 0 Å². The normalized spacial score (nSPS) is 14.7. The molecule has 0 unspecified atom stereocenters. The second-order valence-corrected chi connectivity index (χ2v) is 8.63. The molecule has 35 heavy (non-hydrogen) atoms. The van der Waals surface area contributed by atoms with Gasteiger partial charge in [0.25, 0.3) is 0 Å². The van der Waals surface area contributed by atoms with Crippen LogP contribution in [0, 0.1) is 0 Å². The van der Waals surface area contributed by atoms with Crippen LogP contribution in [-0.4, -0.2) is 35.9 Å². The van der Waals surface area contributed by atoms with Crippen LogP contribution < -0.4 is 14.2 Å². The molecule has 1 amide bonds. The third-order valence-corrected chi connectivity index (χ3v) is 5.88. The van der Waals surface area contributed by atoms with Gasteiger partial charge in [0.05, 0.1) is 12.7 Å². The van der Waals surface area contributed by atoms with Crippen LogP contribution in [-0.2, 0) is 14.3 Å². The van der Waals surface area contributed by atoms with E-state index in [1.807, 2.05) is 0 Å². The Morgan fingerprint density at radius 3 is 2.46 bits per heavy atom. The van der Waals surface area contributed by atoms with Crippen molar-refractivity contribution in [2.75, 3.05) is 7.11 Å². The summed E-state index contributed by atoms with van der Waals surface area (Å²) in [6.07, 6.45) is -0.956. The average Bonchev–Trinajstić information content (AvgIpc) is 3.51. The second kappa shape index (κ2) is 10.2. The highest BCUT2D eigenvalue weighted by Gasteiger charge is 2.35. The quantitative estimate of drug-likeness (QED) is 0.344. The Bertz CT molecular complexity index is 1320. The van der Waals surface area contributed by atoms with Crippen molar-refractivity contribution in [3.05, 3.63) is 74.9 Å². The first-order valence-corrected chi connectivity index (χ1v) is 11.5. The topological polar surface area (TPSA) is 104 Å². The minimum Gasteiger partial charge on any atom is -0.493 e. The van der Waals surface area contributed by atoms with E-state index in [1.54, 1.807) is 41.8 Å². The van der Waals surface area contributed by atoms with Gasteiger partial charge in [-0.15, -0.1) is 16.4 Å². The van der Waals surface area contributed by atoms with Gasteiger partial charge < -0.3 is 18.9 Å². The molecule has 1 atom stereocenters. The zero-order valence-electron chi connectivity index (χ0n) is 18.8. The van der Waals surface area contributed by atoms with Crippen molar-refractivity contribution < 1.29 is 33.3 Å². The Hall–Kier alpha value is -3.89. The number of hydrogen-bond acceptors (Lipinski definition) is 9. The van der Waals surface area contributed by atoms with E-state index in [4.69, 9.17) is 30.5 Å². The van der Waals surface area contributed by atoms with Crippen molar-refractivity contribution in [2.24, 2.45) is 5.10 Å². The first kappa shape index (κ1) is 24.2. The van der Waals surface area contributed by atoms with Crippen molar-refractivity contribution in [2.45, 2.75) is 20.1 Å². The number of rotatable bonds is 6. The molecule has 1 aliphatic heterocycles. The number of thiophene rings is 1. The molecule has 0 fully saturated rings. The van der Waals surface area contributed by atoms with E-state index < -0.39 is 24.1 Å². The largest absolute Gasteiger partial charge is 0.493 e. The third-order valence-electron chi connectivity index (χ3n) is 4.79. The zero-order valence-corrected chi connectivity index (χ0v) is 20.4. The van der Waals surface area contributed by atoms with Crippen LogP contribution in [0.1, 0.15) is 40.9 Å². The van der Waals surface area contributed by atoms with Crippen LogP contribution in [0.15, 0.2) is 59.0 Å². The number of halogens is 1.